The van der Waals surface area contributed by atoms with Crippen LogP contribution in [0.1, 0.15) is 44.7 Å². The molecule has 4 amide bonds. The zero-order chi connectivity index (χ0) is 16.0. The molecule has 0 aliphatic carbocycles. The fourth-order valence-electron chi connectivity index (χ4n) is 2.99. The first-order valence-electron chi connectivity index (χ1n) is 6.96. The minimum absolute atomic E-state index is 0.210. The first-order valence-corrected chi connectivity index (χ1v) is 6.96. The van der Waals surface area contributed by atoms with Crippen LogP contribution in [-0.4, -0.2) is 34.6 Å². The number of imide groups is 1. The second-order valence-electron chi connectivity index (χ2n) is 5.59. The van der Waals surface area contributed by atoms with Gasteiger partial charge in [0, 0.05) is 24.1 Å². The molecule has 1 aromatic carbocycles. The van der Waals surface area contributed by atoms with Crippen molar-refractivity contribution in [2.45, 2.75) is 32.4 Å². The SMILES string of the molecule is Cc1cc2c(cc1C(N)=O)CN(C1CCC(=O)NC1=O)C2=O. The van der Waals surface area contributed by atoms with E-state index in [4.69, 9.17) is 5.73 Å². The number of carbonyl (C=O) groups is 4. The highest BCUT2D eigenvalue weighted by Gasteiger charge is 2.39. The Morgan fingerprint density at radius 1 is 1.32 bits per heavy atom. The highest BCUT2D eigenvalue weighted by atomic mass is 16.2. The fourth-order valence-corrected chi connectivity index (χ4v) is 2.99. The van der Waals surface area contributed by atoms with E-state index in [0.29, 0.717) is 28.7 Å². The summed E-state index contributed by atoms with van der Waals surface area (Å²) in [7, 11) is 0. The maximum absolute atomic E-state index is 12.5. The molecule has 2 aliphatic heterocycles. The second-order valence-corrected chi connectivity index (χ2v) is 5.59. The van der Waals surface area contributed by atoms with Crippen molar-refractivity contribution in [1.29, 1.82) is 0 Å². The van der Waals surface area contributed by atoms with Gasteiger partial charge in [-0.05, 0) is 36.6 Å². The Morgan fingerprint density at radius 3 is 2.68 bits per heavy atom. The number of aryl methyl sites for hydroxylation is 1. The predicted molar refractivity (Wildman–Crippen MR) is 75.7 cm³/mol. The molecule has 0 aromatic heterocycles. The van der Waals surface area contributed by atoms with Crippen molar-refractivity contribution in [3.63, 3.8) is 0 Å². The van der Waals surface area contributed by atoms with Gasteiger partial charge in [-0.3, -0.25) is 24.5 Å². The number of rotatable bonds is 2. The van der Waals surface area contributed by atoms with E-state index in [9.17, 15) is 19.2 Å². The lowest BCUT2D eigenvalue weighted by atomic mass is 10.0. The molecule has 0 spiro atoms. The maximum Gasteiger partial charge on any atom is 0.255 e. The number of primary amides is 1. The molecule has 2 heterocycles. The summed E-state index contributed by atoms with van der Waals surface area (Å²) < 4.78 is 0. The number of nitrogens with one attached hydrogen (secondary N) is 1. The van der Waals surface area contributed by atoms with Crippen LogP contribution in [0.3, 0.4) is 0 Å². The van der Waals surface area contributed by atoms with E-state index >= 15 is 0 Å². The Morgan fingerprint density at radius 2 is 2.05 bits per heavy atom. The van der Waals surface area contributed by atoms with E-state index in [1.54, 1.807) is 19.1 Å². The second kappa shape index (κ2) is 4.94. The van der Waals surface area contributed by atoms with Gasteiger partial charge in [0.05, 0.1) is 0 Å². The zero-order valence-electron chi connectivity index (χ0n) is 12.0. The van der Waals surface area contributed by atoms with Gasteiger partial charge < -0.3 is 10.6 Å². The number of hydrogen-bond acceptors (Lipinski definition) is 4. The molecule has 22 heavy (non-hydrogen) atoms. The topological polar surface area (TPSA) is 110 Å². The molecular formula is C15H15N3O4. The summed E-state index contributed by atoms with van der Waals surface area (Å²) in [5, 5.41) is 2.25. The minimum Gasteiger partial charge on any atom is -0.366 e. The number of piperidine rings is 1. The lowest BCUT2D eigenvalue weighted by Gasteiger charge is -2.29. The summed E-state index contributed by atoms with van der Waals surface area (Å²) in [5.74, 6) is -1.59. The van der Waals surface area contributed by atoms with Gasteiger partial charge in [0.1, 0.15) is 6.04 Å². The number of nitrogens with zero attached hydrogens (tertiary/aromatic N) is 1. The number of amides is 4. The summed E-state index contributed by atoms with van der Waals surface area (Å²) in [6, 6.07) is 2.58. The van der Waals surface area contributed by atoms with Crippen LogP contribution in [0.25, 0.3) is 0 Å². The van der Waals surface area contributed by atoms with Crippen LogP contribution in [0, 0.1) is 6.92 Å². The highest BCUT2D eigenvalue weighted by molar-refractivity contribution is 6.06. The monoisotopic (exact) mass is 301 g/mol. The van der Waals surface area contributed by atoms with E-state index in [1.807, 2.05) is 0 Å². The van der Waals surface area contributed by atoms with Crippen LogP contribution in [0.4, 0.5) is 0 Å². The third-order valence-electron chi connectivity index (χ3n) is 4.13. The molecule has 1 atom stereocenters. The van der Waals surface area contributed by atoms with E-state index < -0.39 is 17.9 Å². The fraction of sp³-hybridized carbons (Fsp3) is 0.333. The van der Waals surface area contributed by atoms with Crippen molar-refractivity contribution in [3.05, 3.63) is 34.4 Å². The Balaban J connectivity index is 1.93. The molecule has 2 aliphatic rings. The van der Waals surface area contributed by atoms with E-state index in [2.05, 4.69) is 5.32 Å². The molecule has 1 fully saturated rings. The average Bonchev–Trinajstić information content (AvgIpc) is 2.75. The van der Waals surface area contributed by atoms with Crippen molar-refractivity contribution >= 4 is 23.6 Å². The molecule has 0 bridgehead atoms. The molecule has 114 valence electrons. The Bertz CT molecular complexity index is 726. The molecule has 0 radical (unpaired) electrons. The largest absolute Gasteiger partial charge is 0.366 e. The molecular weight excluding hydrogens is 286 g/mol. The summed E-state index contributed by atoms with van der Waals surface area (Å²) in [4.78, 5) is 48.5. The lowest BCUT2D eigenvalue weighted by Crippen LogP contribution is -2.52. The van der Waals surface area contributed by atoms with Crippen LogP contribution >= 0.6 is 0 Å². The first kappa shape index (κ1) is 14.2. The number of carbonyl (C=O) groups excluding carboxylic acids is 4. The summed E-state index contributed by atoms with van der Waals surface area (Å²) in [6.07, 6.45) is 0.522. The summed E-state index contributed by atoms with van der Waals surface area (Å²) in [6.45, 7) is 1.95. The smallest absolute Gasteiger partial charge is 0.255 e. The quantitative estimate of drug-likeness (QED) is 0.740. The predicted octanol–water partition coefficient (Wildman–Crippen LogP) is -0.145. The Hall–Kier alpha value is -2.70. The average molecular weight is 301 g/mol. The van der Waals surface area contributed by atoms with E-state index in [-0.39, 0.29) is 24.8 Å². The first-order chi connectivity index (χ1) is 10.4. The van der Waals surface area contributed by atoms with Crippen LogP contribution < -0.4 is 11.1 Å². The van der Waals surface area contributed by atoms with E-state index in [0.717, 1.165) is 0 Å². The highest BCUT2D eigenvalue weighted by Crippen LogP contribution is 2.29. The minimum atomic E-state index is -0.657. The van der Waals surface area contributed by atoms with Crippen molar-refractivity contribution in [2.24, 2.45) is 5.73 Å². The van der Waals surface area contributed by atoms with Gasteiger partial charge in [-0.25, -0.2) is 0 Å². The Labute approximate surface area is 126 Å². The van der Waals surface area contributed by atoms with Crippen LogP contribution in [0.15, 0.2) is 12.1 Å². The molecule has 1 saturated heterocycles. The van der Waals surface area contributed by atoms with Gasteiger partial charge >= 0.3 is 0 Å². The van der Waals surface area contributed by atoms with Crippen LogP contribution in [0.5, 0.6) is 0 Å². The van der Waals surface area contributed by atoms with Crippen molar-refractivity contribution in [1.82, 2.24) is 10.2 Å². The lowest BCUT2D eigenvalue weighted by molar-refractivity contribution is -0.136. The molecule has 1 aromatic rings. The number of hydrogen-bond donors (Lipinski definition) is 2. The normalized spacial score (nSPS) is 20.9. The van der Waals surface area contributed by atoms with Gasteiger partial charge in [0.25, 0.3) is 5.91 Å². The summed E-state index contributed by atoms with van der Waals surface area (Å²) in [5.41, 5.74) is 7.47. The van der Waals surface area contributed by atoms with Gasteiger partial charge in [-0.2, -0.15) is 0 Å². The number of fused-ring (bicyclic) bond motifs is 1. The van der Waals surface area contributed by atoms with Crippen molar-refractivity contribution < 1.29 is 19.2 Å². The molecule has 3 N–H and O–H groups in total. The van der Waals surface area contributed by atoms with Gasteiger partial charge in [0.2, 0.25) is 17.7 Å². The summed E-state index contributed by atoms with van der Waals surface area (Å²) >= 11 is 0. The zero-order valence-corrected chi connectivity index (χ0v) is 12.0. The third kappa shape index (κ3) is 2.14. The van der Waals surface area contributed by atoms with Gasteiger partial charge in [-0.1, -0.05) is 0 Å². The van der Waals surface area contributed by atoms with Crippen LogP contribution in [0.2, 0.25) is 0 Å². The van der Waals surface area contributed by atoms with Crippen LogP contribution in [-0.2, 0) is 16.1 Å². The van der Waals surface area contributed by atoms with Crippen molar-refractivity contribution in [2.75, 3.05) is 0 Å². The standard InChI is InChI=1S/C15H15N3O4/c1-7-4-10-8(5-9(7)13(16)20)6-18(15(10)22)11-2-3-12(19)17-14(11)21/h4-5,11H,2-3,6H2,1H3,(H2,16,20)(H,17,19,21). The molecule has 7 nitrogen and oxygen atoms in total. The number of benzene rings is 1. The Kier molecular flexibility index (Phi) is 3.20. The number of nitrogens with two attached hydrogens (primary N) is 1. The molecule has 7 heteroatoms. The van der Waals surface area contributed by atoms with Crippen molar-refractivity contribution in [3.8, 4) is 0 Å². The van der Waals surface area contributed by atoms with E-state index in [1.165, 1.54) is 4.90 Å². The third-order valence-corrected chi connectivity index (χ3v) is 4.13. The van der Waals surface area contributed by atoms with Gasteiger partial charge in [0.15, 0.2) is 0 Å². The van der Waals surface area contributed by atoms with Gasteiger partial charge in [-0.15, -0.1) is 0 Å². The molecule has 0 saturated carbocycles. The molecule has 3 rings (SSSR count). The molecule has 1 unspecified atom stereocenters. The maximum atomic E-state index is 12.5.